The van der Waals surface area contributed by atoms with Gasteiger partial charge in [-0.05, 0) is 67.2 Å². The molecule has 2 bridgehead atoms. The zero-order valence-electron chi connectivity index (χ0n) is 10.3. The fourth-order valence-electron chi connectivity index (χ4n) is 3.85. The van der Waals surface area contributed by atoms with Crippen LogP contribution in [0.4, 0.5) is 0 Å². The first-order valence-corrected chi connectivity index (χ1v) is 8.35. The fourth-order valence-corrected chi connectivity index (χ4v) is 4.74. The van der Waals surface area contributed by atoms with Crippen LogP contribution >= 0.6 is 31.9 Å². The van der Waals surface area contributed by atoms with Crippen LogP contribution in [-0.4, -0.2) is 5.11 Å². The Morgan fingerprint density at radius 2 is 2.06 bits per heavy atom. The van der Waals surface area contributed by atoms with E-state index in [2.05, 4.69) is 31.9 Å². The summed E-state index contributed by atoms with van der Waals surface area (Å²) in [7, 11) is 0. The molecular weight excluding hydrogens is 356 g/mol. The van der Waals surface area contributed by atoms with E-state index in [4.69, 9.17) is 0 Å². The van der Waals surface area contributed by atoms with Gasteiger partial charge in [0.15, 0.2) is 0 Å². The number of benzene rings is 1. The third-order valence-corrected chi connectivity index (χ3v) is 5.94. The molecule has 0 aliphatic heterocycles. The van der Waals surface area contributed by atoms with Crippen molar-refractivity contribution >= 4 is 31.9 Å². The van der Waals surface area contributed by atoms with Crippen molar-refractivity contribution in [2.24, 2.45) is 17.8 Å². The molecule has 3 rings (SSSR count). The molecule has 2 fully saturated rings. The van der Waals surface area contributed by atoms with Crippen LogP contribution in [-0.2, 0) is 0 Å². The van der Waals surface area contributed by atoms with Crippen LogP contribution in [0.3, 0.4) is 0 Å². The van der Waals surface area contributed by atoms with Gasteiger partial charge in [0.25, 0.3) is 0 Å². The fraction of sp³-hybridized carbons (Fsp3) is 0.600. The number of halogens is 2. The van der Waals surface area contributed by atoms with Crippen molar-refractivity contribution < 1.29 is 5.11 Å². The van der Waals surface area contributed by atoms with Gasteiger partial charge in [0, 0.05) is 8.95 Å². The van der Waals surface area contributed by atoms with Crippen molar-refractivity contribution in [3.63, 3.8) is 0 Å². The van der Waals surface area contributed by atoms with E-state index in [-0.39, 0.29) is 6.10 Å². The minimum absolute atomic E-state index is 0.332. The third kappa shape index (κ3) is 2.54. The molecule has 1 aromatic rings. The molecule has 0 aromatic heterocycles. The number of hydrogen-bond donors (Lipinski definition) is 1. The average molecular weight is 374 g/mol. The average Bonchev–Trinajstić information content (AvgIpc) is 2.94. The van der Waals surface area contributed by atoms with E-state index in [1.54, 1.807) is 0 Å². The monoisotopic (exact) mass is 372 g/mol. The summed E-state index contributed by atoms with van der Waals surface area (Å²) in [6.45, 7) is 0. The summed E-state index contributed by atoms with van der Waals surface area (Å²) in [5, 5.41) is 10.5. The van der Waals surface area contributed by atoms with E-state index < -0.39 is 0 Å². The topological polar surface area (TPSA) is 20.2 Å². The molecule has 1 nitrogen and oxygen atoms in total. The Labute approximate surface area is 125 Å². The lowest BCUT2D eigenvalue weighted by atomic mass is 9.83. The molecule has 3 heteroatoms. The molecule has 0 spiro atoms. The van der Waals surface area contributed by atoms with Crippen LogP contribution in [0.1, 0.15) is 43.8 Å². The summed E-state index contributed by atoms with van der Waals surface area (Å²) in [4.78, 5) is 0. The molecule has 0 saturated heterocycles. The number of aliphatic hydroxyl groups excluding tert-OH is 1. The molecule has 0 heterocycles. The molecule has 98 valence electrons. The number of fused-ring (bicyclic) bond motifs is 2. The van der Waals surface area contributed by atoms with Gasteiger partial charge in [-0.2, -0.15) is 0 Å². The third-order valence-electron chi connectivity index (χ3n) is 4.73. The van der Waals surface area contributed by atoms with Crippen LogP contribution in [0, 0.1) is 17.8 Å². The van der Waals surface area contributed by atoms with Crippen LogP contribution in [0.5, 0.6) is 0 Å². The largest absolute Gasteiger partial charge is 0.388 e. The van der Waals surface area contributed by atoms with Gasteiger partial charge in [-0.1, -0.05) is 38.3 Å². The van der Waals surface area contributed by atoms with Crippen LogP contribution in [0.15, 0.2) is 27.1 Å². The standard InChI is InChI=1S/C15H18Br2O/c16-12-3-4-14(17)13(8-12)15(18)7-11-6-9-1-2-10(11)5-9/h3-4,8-11,15,18H,1-2,5-7H2. The minimum atomic E-state index is -0.332. The first-order valence-electron chi connectivity index (χ1n) is 6.76. The lowest BCUT2D eigenvalue weighted by Crippen LogP contribution is -2.14. The van der Waals surface area contributed by atoms with Gasteiger partial charge >= 0.3 is 0 Å². The molecule has 0 radical (unpaired) electrons. The maximum Gasteiger partial charge on any atom is 0.0804 e. The zero-order chi connectivity index (χ0) is 12.7. The lowest BCUT2D eigenvalue weighted by Gasteiger charge is -2.24. The second-order valence-electron chi connectivity index (χ2n) is 5.85. The SMILES string of the molecule is OC(CC1CC2CCC1C2)c1cc(Br)ccc1Br. The van der Waals surface area contributed by atoms with E-state index >= 15 is 0 Å². The number of rotatable bonds is 3. The summed E-state index contributed by atoms with van der Waals surface area (Å²) in [6, 6.07) is 6.03. The summed E-state index contributed by atoms with van der Waals surface area (Å²) in [5.41, 5.74) is 1.02. The van der Waals surface area contributed by atoms with Gasteiger partial charge in [0.05, 0.1) is 6.10 Å². The second-order valence-corrected chi connectivity index (χ2v) is 7.62. The first kappa shape index (κ1) is 13.1. The Kier molecular flexibility index (Phi) is 3.84. The van der Waals surface area contributed by atoms with Crippen molar-refractivity contribution in [3.8, 4) is 0 Å². The van der Waals surface area contributed by atoms with Crippen molar-refractivity contribution in [2.45, 2.75) is 38.2 Å². The second kappa shape index (κ2) is 5.26. The maximum absolute atomic E-state index is 10.5. The van der Waals surface area contributed by atoms with E-state index in [0.717, 1.165) is 38.7 Å². The maximum atomic E-state index is 10.5. The van der Waals surface area contributed by atoms with Gasteiger partial charge < -0.3 is 5.11 Å². The lowest BCUT2D eigenvalue weighted by molar-refractivity contribution is 0.125. The molecule has 4 atom stereocenters. The van der Waals surface area contributed by atoms with Crippen molar-refractivity contribution in [1.82, 2.24) is 0 Å². The Morgan fingerprint density at radius 1 is 1.22 bits per heavy atom. The highest BCUT2D eigenvalue weighted by Crippen LogP contribution is 2.51. The zero-order valence-corrected chi connectivity index (χ0v) is 13.5. The molecule has 2 saturated carbocycles. The molecule has 1 aromatic carbocycles. The van der Waals surface area contributed by atoms with E-state index in [1.165, 1.54) is 25.7 Å². The molecule has 0 amide bonds. The van der Waals surface area contributed by atoms with Crippen LogP contribution in [0.25, 0.3) is 0 Å². The van der Waals surface area contributed by atoms with Crippen molar-refractivity contribution in [3.05, 3.63) is 32.7 Å². The predicted octanol–water partition coefficient (Wildman–Crippen LogP) is 5.07. The van der Waals surface area contributed by atoms with E-state index in [1.807, 2.05) is 18.2 Å². The molecule has 1 N–H and O–H groups in total. The van der Waals surface area contributed by atoms with Gasteiger partial charge in [0.2, 0.25) is 0 Å². The van der Waals surface area contributed by atoms with Gasteiger partial charge in [-0.25, -0.2) is 0 Å². The summed E-state index contributed by atoms with van der Waals surface area (Å²) >= 11 is 7.02. The minimum Gasteiger partial charge on any atom is -0.388 e. The Morgan fingerprint density at radius 3 is 2.72 bits per heavy atom. The van der Waals surface area contributed by atoms with Gasteiger partial charge in [-0.15, -0.1) is 0 Å². The number of hydrogen-bond acceptors (Lipinski definition) is 1. The highest BCUT2D eigenvalue weighted by molar-refractivity contribution is 9.11. The van der Waals surface area contributed by atoms with Crippen LogP contribution < -0.4 is 0 Å². The highest BCUT2D eigenvalue weighted by atomic mass is 79.9. The first-order chi connectivity index (χ1) is 8.63. The Hall–Kier alpha value is 0.140. The quantitative estimate of drug-likeness (QED) is 0.783. The normalized spacial score (nSPS) is 31.8. The summed E-state index contributed by atoms with van der Waals surface area (Å²) in [6.07, 6.45) is 6.17. The molecular formula is C15H18Br2O. The summed E-state index contributed by atoms with van der Waals surface area (Å²) < 4.78 is 2.05. The van der Waals surface area contributed by atoms with E-state index in [9.17, 15) is 5.11 Å². The Bertz CT molecular complexity index is 446. The summed E-state index contributed by atoms with van der Waals surface area (Å²) in [5.74, 6) is 2.58. The van der Waals surface area contributed by atoms with Crippen molar-refractivity contribution in [1.29, 1.82) is 0 Å². The van der Waals surface area contributed by atoms with Gasteiger partial charge in [0.1, 0.15) is 0 Å². The molecule has 4 unspecified atom stereocenters. The highest BCUT2D eigenvalue weighted by Gasteiger charge is 2.40. The number of aliphatic hydroxyl groups is 1. The predicted molar refractivity (Wildman–Crippen MR) is 80.4 cm³/mol. The van der Waals surface area contributed by atoms with E-state index in [0.29, 0.717) is 0 Å². The van der Waals surface area contributed by atoms with Crippen LogP contribution in [0.2, 0.25) is 0 Å². The van der Waals surface area contributed by atoms with Crippen molar-refractivity contribution in [2.75, 3.05) is 0 Å². The smallest absolute Gasteiger partial charge is 0.0804 e. The molecule has 2 aliphatic rings. The molecule has 2 aliphatic carbocycles. The Balaban J connectivity index is 1.71. The van der Waals surface area contributed by atoms with Gasteiger partial charge in [-0.3, -0.25) is 0 Å². The molecule has 18 heavy (non-hydrogen) atoms.